The van der Waals surface area contributed by atoms with E-state index in [4.69, 9.17) is 0 Å². The van der Waals surface area contributed by atoms with Gasteiger partial charge in [-0.25, -0.2) is 0 Å². The van der Waals surface area contributed by atoms with E-state index < -0.39 is 0 Å². The lowest BCUT2D eigenvalue weighted by atomic mass is 9.82. The highest BCUT2D eigenvalue weighted by molar-refractivity contribution is 5.92. The van der Waals surface area contributed by atoms with Crippen molar-refractivity contribution in [2.45, 2.75) is 64.2 Å². The predicted molar refractivity (Wildman–Crippen MR) is 226 cm³/mol. The van der Waals surface area contributed by atoms with Gasteiger partial charge in [-0.15, -0.1) is 0 Å². The van der Waals surface area contributed by atoms with Crippen molar-refractivity contribution in [2.75, 3.05) is 4.90 Å². The molecule has 2 aliphatic carbocycles. The molecule has 0 atom stereocenters. The van der Waals surface area contributed by atoms with E-state index in [1.807, 2.05) is 0 Å². The normalized spacial score (nSPS) is 14.8. The largest absolute Gasteiger partial charge is 0.310 e. The first-order valence-corrected chi connectivity index (χ1v) is 19.5. The first-order valence-electron chi connectivity index (χ1n) is 19.5. The Kier molecular flexibility index (Phi) is 8.59. The maximum Gasteiger partial charge on any atom is 0.0465 e. The third kappa shape index (κ3) is 6.09. The maximum absolute atomic E-state index is 2.45. The third-order valence-electron chi connectivity index (χ3n) is 12.0. The van der Waals surface area contributed by atoms with Gasteiger partial charge >= 0.3 is 0 Å². The molecular formula is C52H47N. The first kappa shape index (κ1) is 33.2. The highest BCUT2D eigenvalue weighted by atomic mass is 15.1. The lowest BCUT2D eigenvalue weighted by Gasteiger charge is -2.29. The van der Waals surface area contributed by atoms with Gasteiger partial charge in [0.25, 0.3) is 0 Å². The van der Waals surface area contributed by atoms with Gasteiger partial charge in [0.15, 0.2) is 0 Å². The van der Waals surface area contributed by atoms with Crippen molar-refractivity contribution in [3.63, 3.8) is 0 Å². The molecule has 260 valence electrons. The fourth-order valence-corrected chi connectivity index (χ4v) is 9.10. The van der Waals surface area contributed by atoms with Crippen molar-refractivity contribution in [1.82, 2.24) is 0 Å². The second kappa shape index (κ2) is 13.7. The van der Waals surface area contributed by atoms with Crippen molar-refractivity contribution in [3.8, 4) is 44.5 Å². The van der Waals surface area contributed by atoms with E-state index in [9.17, 15) is 0 Å². The summed E-state index contributed by atoms with van der Waals surface area (Å²) in [6.45, 7) is 6.96. The molecule has 1 fully saturated rings. The summed E-state index contributed by atoms with van der Waals surface area (Å²) in [4.78, 5) is 2.45. The van der Waals surface area contributed by atoms with Gasteiger partial charge in [-0.1, -0.05) is 166 Å². The second-order valence-corrected chi connectivity index (χ2v) is 15.7. The number of aryl methyl sites for hydroxylation is 1. The van der Waals surface area contributed by atoms with Crippen LogP contribution in [0.25, 0.3) is 44.5 Å². The van der Waals surface area contributed by atoms with Gasteiger partial charge in [0.2, 0.25) is 0 Å². The molecule has 9 rings (SSSR count). The summed E-state index contributed by atoms with van der Waals surface area (Å²) in [5, 5.41) is 0. The average Bonchev–Trinajstić information content (AvgIpc) is 3.44. The van der Waals surface area contributed by atoms with Crippen molar-refractivity contribution < 1.29 is 0 Å². The Labute approximate surface area is 315 Å². The minimum atomic E-state index is -0.0766. The van der Waals surface area contributed by atoms with Crippen LogP contribution in [0.5, 0.6) is 0 Å². The summed E-state index contributed by atoms with van der Waals surface area (Å²) < 4.78 is 0. The van der Waals surface area contributed by atoms with Crippen molar-refractivity contribution in [1.29, 1.82) is 0 Å². The molecule has 1 heteroatoms. The standard InChI is InChI=1S/C52H47N/c1-36-22-32-48-49-33-31-43(35-51(49)52(2,3)50(48)34-36)53(41-27-23-38(24-28-41)37-14-6-4-7-15-37)42-29-25-40(26-30-42)45-19-11-13-21-47(45)46-20-12-10-18-44(46)39-16-8-5-9-17-39/h5,8-13,16-35,37H,4,6-7,14-15H2,1-3H3. The quantitative estimate of drug-likeness (QED) is 0.161. The molecule has 0 heterocycles. The molecule has 0 saturated heterocycles. The zero-order valence-corrected chi connectivity index (χ0v) is 31.1. The summed E-state index contributed by atoms with van der Waals surface area (Å²) in [5.41, 5.74) is 19.2. The molecule has 0 spiro atoms. The molecule has 0 radical (unpaired) electrons. The number of nitrogens with zero attached hydrogens (tertiary/aromatic N) is 1. The third-order valence-corrected chi connectivity index (χ3v) is 12.0. The number of anilines is 3. The summed E-state index contributed by atoms with van der Waals surface area (Å²) in [5.74, 6) is 0.681. The van der Waals surface area contributed by atoms with Crippen LogP contribution < -0.4 is 4.90 Å². The van der Waals surface area contributed by atoms with Crippen LogP contribution >= 0.6 is 0 Å². The summed E-state index contributed by atoms with van der Waals surface area (Å²) in [6.07, 6.45) is 6.68. The maximum atomic E-state index is 2.45. The Morgan fingerprint density at radius 3 is 1.55 bits per heavy atom. The Morgan fingerprint density at radius 2 is 0.925 bits per heavy atom. The van der Waals surface area contributed by atoms with E-state index in [0.29, 0.717) is 5.92 Å². The Hall–Kier alpha value is -5.66. The molecule has 0 aromatic heterocycles. The van der Waals surface area contributed by atoms with Crippen LogP contribution in [0.1, 0.15) is 74.1 Å². The Balaban J connectivity index is 1.13. The first-order chi connectivity index (χ1) is 26.0. The van der Waals surface area contributed by atoms with E-state index in [2.05, 4.69) is 189 Å². The SMILES string of the molecule is Cc1ccc2c(c1)C(C)(C)c1cc(N(c3ccc(-c4ccccc4-c4ccccc4-c4ccccc4)cc3)c3ccc(C4CCCCC4)cc3)ccc1-2. The smallest absolute Gasteiger partial charge is 0.0465 e. The highest BCUT2D eigenvalue weighted by Gasteiger charge is 2.36. The summed E-state index contributed by atoms with van der Waals surface area (Å²) in [7, 11) is 0. The number of fused-ring (bicyclic) bond motifs is 3. The highest BCUT2D eigenvalue weighted by Crippen LogP contribution is 2.51. The minimum absolute atomic E-state index is 0.0766. The van der Waals surface area contributed by atoms with E-state index in [1.165, 1.54) is 110 Å². The number of rotatable bonds is 7. The second-order valence-electron chi connectivity index (χ2n) is 15.7. The van der Waals surface area contributed by atoms with Crippen LogP contribution in [-0.2, 0) is 5.41 Å². The van der Waals surface area contributed by atoms with E-state index >= 15 is 0 Å². The predicted octanol–water partition coefficient (Wildman–Crippen LogP) is 14.8. The van der Waals surface area contributed by atoms with Gasteiger partial charge in [0.05, 0.1) is 0 Å². The lowest BCUT2D eigenvalue weighted by Crippen LogP contribution is -2.16. The molecule has 0 bridgehead atoms. The average molecular weight is 686 g/mol. The van der Waals surface area contributed by atoms with E-state index in [0.717, 1.165) is 5.69 Å². The monoisotopic (exact) mass is 685 g/mol. The van der Waals surface area contributed by atoms with Gasteiger partial charge in [-0.3, -0.25) is 0 Å². The van der Waals surface area contributed by atoms with Gasteiger partial charge in [0, 0.05) is 22.5 Å². The van der Waals surface area contributed by atoms with Crippen molar-refractivity contribution in [2.24, 2.45) is 0 Å². The molecule has 0 N–H and O–H groups in total. The molecule has 7 aromatic rings. The summed E-state index contributed by atoms with van der Waals surface area (Å²) >= 11 is 0. The van der Waals surface area contributed by atoms with Crippen LogP contribution in [0.3, 0.4) is 0 Å². The number of hydrogen-bond donors (Lipinski definition) is 0. The zero-order valence-electron chi connectivity index (χ0n) is 31.1. The van der Waals surface area contributed by atoms with Gasteiger partial charge in [-0.2, -0.15) is 0 Å². The molecule has 2 aliphatic rings. The van der Waals surface area contributed by atoms with Gasteiger partial charge < -0.3 is 4.90 Å². The molecule has 0 unspecified atom stereocenters. The van der Waals surface area contributed by atoms with Crippen LogP contribution in [0.2, 0.25) is 0 Å². The zero-order chi connectivity index (χ0) is 35.9. The van der Waals surface area contributed by atoms with E-state index in [-0.39, 0.29) is 5.41 Å². The fourth-order valence-electron chi connectivity index (χ4n) is 9.10. The molecule has 7 aromatic carbocycles. The van der Waals surface area contributed by atoms with Crippen LogP contribution in [-0.4, -0.2) is 0 Å². The lowest BCUT2D eigenvalue weighted by molar-refractivity contribution is 0.443. The Bertz CT molecular complexity index is 2390. The van der Waals surface area contributed by atoms with Gasteiger partial charge in [-0.05, 0) is 123 Å². The van der Waals surface area contributed by atoms with Crippen LogP contribution in [0.4, 0.5) is 17.1 Å². The molecule has 0 amide bonds. The number of hydrogen-bond acceptors (Lipinski definition) is 1. The van der Waals surface area contributed by atoms with E-state index in [1.54, 1.807) is 0 Å². The molecule has 0 aliphatic heterocycles. The van der Waals surface area contributed by atoms with Gasteiger partial charge in [0.1, 0.15) is 0 Å². The van der Waals surface area contributed by atoms with Crippen LogP contribution in [0.15, 0.2) is 164 Å². The minimum Gasteiger partial charge on any atom is -0.310 e. The number of benzene rings is 7. The molecule has 1 nitrogen and oxygen atoms in total. The van der Waals surface area contributed by atoms with Crippen molar-refractivity contribution in [3.05, 3.63) is 186 Å². The summed E-state index contributed by atoms with van der Waals surface area (Å²) in [6, 6.07) is 61.1. The van der Waals surface area contributed by atoms with Crippen molar-refractivity contribution >= 4 is 17.1 Å². The molecular weight excluding hydrogens is 639 g/mol. The Morgan fingerprint density at radius 1 is 0.434 bits per heavy atom. The van der Waals surface area contributed by atoms with Crippen LogP contribution in [0, 0.1) is 6.92 Å². The molecule has 53 heavy (non-hydrogen) atoms. The fraction of sp³-hybridized carbons (Fsp3) is 0.192. The molecule has 1 saturated carbocycles. The topological polar surface area (TPSA) is 3.24 Å².